The third-order valence-electron chi connectivity index (χ3n) is 6.24. The summed E-state index contributed by atoms with van der Waals surface area (Å²) in [4.78, 5) is 30.1. The van der Waals surface area contributed by atoms with Crippen LogP contribution in [0.3, 0.4) is 0 Å². The lowest BCUT2D eigenvalue weighted by atomic mass is 9.89. The van der Waals surface area contributed by atoms with Gasteiger partial charge in [0.1, 0.15) is 5.70 Å². The average Bonchev–Trinajstić information content (AvgIpc) is 3.04. The molecule has 4 nitrogen and oxygen atoms in total. The molecule has 0 atom stereocenters. The molecule has 2 aliphatic heterocycles. The fourth-order valence-corrected chi connectivity index (χ4v) is 4.55. The van der Waals surface area contributed by atoms with E-state index in [-0.39, 0.29) is 11.8 Å². The summed E-state index contributed by atoms with van der Waals surface area (Å²) in [5.41, 5.74) is 3.41. The second kappa shape index (κ2) is 9.29. The van der Waals surface area contributed by atoms with E-state index in [0.717, 1.165) is 50.8 Å². The summed E-state index contributed by atoms with van der Waals surface area (Å²) in [6.07, 6.45) is 4.95. The van der Waals surface area contributed by atoms with Crippen LogP contribution in [0.5, 0.6) is 0 Å². The van der Waals surface area contributed by atoms with Gasteiger partial charge in [-0.1, -0.05) is 74.0 Å². The Hall–Kier alpha value is -2.88. The van der Waals surface area contributed by atoms with E-state index in [1.165, 1.54) is 10.5 Å². The van der Waals surface area contributed by atoms with Crippen LogP contribution >= 0.6 is 0 Å². The molecule has 0 radical (unpaired) electrons. The number of benzene rings is 2. The quantitative estimate of drug-likeness (QED) is 0.639. The van der Waals surface area contributed by atoms with Crippen LogP contribution in [0.15, 0.2) is 66.4 Å². The van der Waals surface area contributed by atoms with Gasteiger partial charge in [0, 0.05) is 19.6 Å². The minimum atomic E-state index is -0.138. The summed E-state index contributed by atoms with van der Waals surface area (Å²) in [5, 5.41) is 0. The summed E-state index contributed by atoms with van der Waals surface area (Å²) >= 11 is 0. The fourth-order valence-electron chi connectivity index (χ4n) is 4.55. The third kappa shape index (κ3) is 4.18. The molecule has 30 heavy (non-hydrogen) atoms. The van der Waals surface area contributed by atoms with Crippen molar-refractivity contribution in [3.05, 3.63) is 77.5 Å². The maximum Gasteiger partial charge on any atom is 0.277 e. The van der Waals surface area contributed by atoms with E-state index in [1.54, 1.807) is 0 Å². The maximum atomic E-state index is 13.3. The summed E-state index contributed by atoms with van der Waals surface area (Å²) in [6, 6.07) is 20.3. The number of hydrogen-bond donors (Lipinski definition) is 0. The van der Waals surface area contributed by atoms with Crippen LogP contribution in [0.1, 0.15) is 43.7 Å². The lowest BCUT2D eigenvalue weighted by molar-refractivity contribution is -0.137. The molecule has 0 N–H and O–H groups in total. The van der Waals surface area contributed by atoms with Gasteiger partial charge in [-0.15, -0.1) is 0 Å². The van der Waals surface area contributed by atoms with Crippen molar-refractivity contribution >= 4 is 17.4 Å². The number of imide groups is 1. The summed E-state index contributed by atoms with van der Waals surface area (Å²) in [6.45, 7) is 4.22. The topological polar surface area (TPSA) is 40.6 Å². The summed E-state index contributed by atoms with van der Waals surface area (Å²) in [5.74, 6) is 0.364. The SMILES string of the molecule is CCCCN1C(=O)C(c2ccccc2)=C(N2CCC(Cc3ccccc3)CC2)C1=O. The second-order valence-electron chi connectivity index (χ2n) is 8.33. The Labute approximate surface area is 179 Å². The Morgan fingerprint density at radius 2 is 1.50 bits per heavy atom. The standard InChI is InChI=1S/C26H30N2O2/c1-2-3-16-28-25(29)23(22-12-8-5-9-13-22)24(26(28)30)27-17-14-21(15-18-27)19-20-10-6-4-7-11-20/h4-13,21H,2-3,14-19H2,1H3. The van der Waals surface area contributed by atoms with Gasteiger partial charge in [0.05, 0.1) is 5.57 Å². The number of amides is 2. The average molecular weight is 403 g/mol. The minimum Gasteiger partial charge on any atom is -0.366 e. The maximum absolute atomic E-state index is 13.3. The van der Waals surface area contributed by atoms with Crippen molar-refractivity contribution in [3.63, 3.8) is 0 Å². The van der Waals surface area contributed by atoms with E-state index < -0.39 is 0 Å². The van der Waals surface area contributed by atoms with E-state index in [0.29, 0.717) is 23.7 Å². The summed E-state index contributed by atoms with van der Waals surface area (Å²) in [7, 11) is 0. The number of unbranched alkanes of at least 4 members (excludes halogenated alkanes) is 1. The minimum absolute atomic E-state index is 0.117. The zero-order chi connectivity index (χ0) is 20.9. The lowest BCUT2D eigenvalue weighted by Gasteiger charge is -2.34. The van der Waals surface area contributed by atoms with E-state index in [4.69, 9.17) is 0 Å². The Morgan fingerprint density at radius 1 is 0.867 bits per heavy atom. The molecule has 1 saturated heterocycles. The van der Waals surface area contributed by atoms with E-state index in [1.807, 2.05) is 30.3 Å². The molecule has 0 aliphatic carbocycles. The van der Waals surface area contributed by atoms with Gasteiger partial charge < -0.3 is 4.90 Å². The molecule has 2 heterocycles. The van der Waals surface area contributed by atoms with Crippen LogP contribution in [0.4, 0.5) is 0 Å². The molecule has 0 bridgehead atoms. The van der Waals surface area contributed by atoms with Crippen molar-refractivity contribution in [2.75, 3.05) is 19.6 Å². The zero-order valence-electron chi connectivity index (χ0n) is 17.7. The first-order valence-corrected chi connectivity index (χ1v) is 11.1. The van der Waals surface area contributed by atoms with Crippen LogP contribution in [-0.2, 0) is 16.0 Å². The van der Waals surface area contributed by atoms with Crippen molar-refractivity contribution < 1.29 is 9.59 Å². The predicted molar refractivity (Wildman–Crippen MR) is 119 cm³/mol. The highest BCUT2D eigenvalue weighted by atomic mass is 16.2. The van der Waals surface area contributed by atoms with Gasteiger partial charge in [0.15, 0.2) is 0 Å². The van der Waals surface area contributed by atoms with Gasteiger partial charge in [0.25, 0.3) is 11.8 Å². The molecule has 0 unspecified atom stereocenters. The number of rotatable bonds is 7. The van der Waals surface area contributed by atoms with Crippen LogP contribution in [-0.4, -0.2) is 41.2 Å². The smallest absolute Gasteiger partial charge is 0.277 e. The molecule has 1 fully saturated rings. The Morgan fingerprint density at radius 3 is 2.13 bits per heavy atom. The van der Waals surface area contributed by atoms with Gasteiger partial charge >= 0.3 is 0 Å². The van der Waals surface area contributed by atoms with E-state index >= 15 is 0 Å². The highest BCUT2D eigenvalue weighted by Gasteiger charge is 2.41. The molecule has 156 valence electrons. The summed E-state index contributed by atoms with van der Waals surface area (Å²) < 4.78 is 0. The predicted octanol–water partition coefficient (Wildman–Crippen LogP) is 4.52. The molecular formula is C26H30N2O2. The third-order valence-corrected chi connectivity index (χ3v) is 6.24. The number of hydrogen-bond acceptors (Lipinski definition) is 3. The lowest BCUT2D eigenvalue weighted by Crippen LogP contribution is -2.39. The molecule has 0 saturated carbocycles. The van der Waals surface area contributed by atoms with Crippen LogP contribution < -0.4 is 0 Å². The zero-order valence-corrected chi connectivity index (χ0v) is 17.7. The van der Waals surface area contributed by atoms with Gasteiger partial charge in [0.2, 0.25) is 0 Å². The van der Waals surface area contributed by atoms with Gasteiger partial charge in [-0.3, -0.25) is 14.5 Å². The number of piperidine rings is 1. The largest absolute Gasteiger partial charge is 0.366 e. The van der Waals surface area contributed by atoms with Gasteiger partial charge in [-0.2, -0.15) is 0 Å². The molecular weight excluding hydrogens is 372 g/mol. The Bertz CT molecular complexity index is 913. The Kier molecular flexibility index (Phi) is 6.32. The number of carbonyl (C=O) groups is 2. The normalized spacial score (nSPS) is 17.9. The Balaban J connectivity index is 1.54. The van der Waals surface area contributed by atoms with Crippen molar-refractivity contribution in [2.24, 2.45) is 5.92 Å². The van der Waals surface area contributed by atoms with E-state index in [9.17, 15) is 9.59 Å². The molecule has 2 aromatic rings. The fraction of sp³-hybridized carbons (Fsp3) is 0.385. The molecule has 0 aromatic heterocycles. The first-order valence-electron chi connectivity index (χ1n) is 11.1. The van der Waals surface area contributed by atoms with Crippen molar-refractivity contribution in [1.29, 1.82) is 0 Å². The van der Waals surface area contributed by atoms with Crippen molar-refractivity contribution in [2.45, 2.75) is 39.0 Å². The number of carbonyl (C=O) groups excluding carboxylic acids is 2. The molecule has 2 aliphatic rings. The van der Waals surface area contributed by atoms with Crippen molar-refractivity contribution in [1.82, 2.24) is 9.80 Å². The van der Waals surface area contributed by atoms with Crippen LogP contribution in [0.2, 0.25) is 0 Å². The molecule has 2 amide bonds. The van der Waals surface area contributed by atoms with Crippen LogP contribution in [0.25, 0.3) is 5.57 Å². The van der Waals surface area contributed by atoms with E-state index in [2.05, 4.69) is 42.2 Å². The molecule has 4 rings (SSSR count). The highest BCUT2D eigenvalue weighted by Crippen LogP contribution is 2.34. The highest BCUT2D eigenvalue weighted by molar-refractivity contribution is 6.35. The van der Waals surface area contributed by atoms with Gasteiger partial charge in [-0.05, 0) is 42.7 Å². The molecule has 4 heteroatoms. The molecule has 0 spiro atoms. The van der Waals surface area contributed by atoms with Gasteiger partial charge in [-0.25, -0.2) is 0 Å². The van der Waals surface area contributed by atoms with Crippen LogP contribution in [0, 0.1) is 5.92 Å². The molecule has 2 aromatic carbocycles. The monoisotopic (exact) mass is 402 g/mol. The first-order chi connectivity index (χ1) is 14.7. The van der Waals surface area contributed by atoms with Crippen molar-refractivity contribution in [3.8, 4) is 0 Å². The second-order valence-corrected chi connectivity index (χ2v) is 8.33. The number of nitrogens with zero attached hydrogens (tertiary/aromatic N) is 2. The number of likely N-dealkylation sites (tertiary alicyclic amines) is 1. The first kappa shape index (κ1) is 20.4.